The van der Waals surface area contributed by atoms with E-state index >= 15 is 0 Å². The summed E-state index contributed by atoms with van der Waals surface area (Å²) in [6.07, 6.45) is 3.71. The van der Waals surface area contributed by atoms with Crippen LogP contribution in [0.25, 0.3) is 0 Å². The number of carboxylic acid groups (broad SMARTS) is 1. The lowest BCUT2D eigenvalue weighted by Crippen LogP contribution is -2.61. The lowest BCUT2D eigenvalue weighted by molar-refractivity contribution is -0.165. The van der Waals surface area contributed by atoms with Crippen LogP contribution in [0.1, 0.15) is 48.0 Å². The van der Waals surface area contributed by atoms with Crippen molar-refractivity contribution in [2.24, 2.45) is 0 Å². The van der Waals surface area contributed by atoms with Gasteiger partial charge in [0.1, 0.15) is 12.1 Å². The van der Waals surface area contributed by atoms with Crippen molar-refractivity contribution < 1.29 is 34.2 Å². The maximum absolute atomic E-state index is 13.4. The van der Waals surface area contributed by atoms with Crippen LogP contribution < -0.4 is 10.6 Å². The number of amides is 4. The molecule has 1 aromatic rings. The molecule has 186 valence electrons. The molecule has 3 atom stereocenters. The van der Waals surface area contributed by atoms with E-state index in [-0.39, 0.29) is 44.3 Å². The van der Waals surface area contributed by atoms with Gasteiger partial charge >= 0.3 is 5.97 Å². The smallest absolute Gasteiger partial charge is 0.303 e. The molecule has 2 aliphatic heterocycles. The first-order chi connectivity index (χ1) is 16.7. The van der Waals surface area contributed by atoms with Crippen LogP contribution in [0, 0.1) is 5.41 Å². The second-order valence-corrected chi connectivity index (χ2v) is 8.19. The van der Waals surface area contributed by atoms with Crippen molar-refractivity contribution in [3.63, 3.8) is 0 Å². The summed E-state index contributed by atoms with van der Waals surface area (Å²) < 4.78 is 0. The number of nitrogens with zero attached hydrogens (tertiary/aromatic N) is 2. The molecule has 0 unspecified atom stereocenters. The second kappa shape index (κ2) is 11.4. The average Bonchev–Trinajstić information content (AvgIpc) is 2.98. The predicted octanol–water partition coefficient (Wildman–Crippen LogP) is -0.0715. The molecule has 2 aliphatic rings. The van der Waals surface area contributed by atoms with Crippen molar-refractivity contribution in [3.05, 3.63) is 47.7 Å². The molecule has 1 saturated heterocycles. The van der Waals surface area contributed by atoms with Crippen LogP contribution in [-0.2, 0) is 25.8 Å². The predicted molar refractivity (Wildman–Crippen MR) is 122 cm³/mol. The van der Waals surface area contributed by atoms with E-state index in [9.17, 15) is 24.0 Å². The van der Waals surface area contributed by atoms with Crippen LogP contribution in [0.15, 0.2) is 36.5 Å². The third-order valence-corrected chi connectivity index (χ3v) is 5.76. The highest BCUT2D eigenvalue weighted by molar-refractivity contribution is 6.00. The second-order valence-electron chi connectivity index (χ2n) is 8.19. The van der Waals surface area contributed by atoms with Crippen LogP contribution in [0.3, 0.4) is 0 Å². The molecule has 0 aromatic heterocycles. The molecule has 0 radical (unpaired) electrons. The van der Waals surface area contributed by atoms with Gasteiger partial charge in [-0.3, -0.25) is 24.0 Å². The van der Waals surface area contributed by atoms with Gasteiger partial charge in [0.15, 0.2) is 0 Å². The Balaban J connectivity index is 1.78. The van der Waals surface area contributed by atoms with Gasteiger partial charge in [-0.15, -0.1) is 0 Å². The number of hydrogen-bond donors (Lipinski definition) is 5. The van der Waals surface area contributed by atoms with Crippen LogP contribution in [-0.4, -0.2) is 74.2 Å². The zero-order chi connectivity index (χ0) is 25.5. The number of carboxylic acids is 1. The molecule has 0 bridgehead atoms. The van der Waals surface area contributed by atoms with Gasteiger partial charge < -0.3 is 26.3 Å². The zero-order valence-corrected chi connectivity index (χ0v) is 18.8. The van der Waals surface area contributed by atoms with Crippen LogP contribution >= 0.6 is 0 Å². The normalized spacial score (nSPS) is 20.5. The first-order valence-corrected chi connectivity index (χ1v) is 11.1. The van der Waals surface area contributed by atoms with E-state index < -0.39 is 47.7 Å². The summed E-state index contributed by atoms with van der Waals surface area (Å²) in [5.41, 5.74) is 0.886. The van der Waals surface area contributed by atoms with Crippen molar-refractivity contribution in [1.82, 2.24) is 20.7 Å². The van der Waals surface area contributed by atoms with Crippen molar-refractivity contribution in [2.75, 3.05) is 0 Å². The minimum absolute atomic E-state index is 0.00250. The molecule has 4 amide bonds. The average molecular weight is 485 g/mol. The summed E-state index contributed by atoms with van der Waals surface area (Å²) in [4.78, 5) is 62.7. The van der Waals surface area contributed by atoms with E-state index in [1.165, 1.54) is 18.3 Å². The van der Waals surface area contributed by atoms with Crippen molar-refractivity contribution in [2.45, 2.75) is 56.8 Å². The molecular weight excluding hydrogens is 458 g/mol. The summed E-state index contributed by atoms with van der Waals surface area (Å²) in [7, 11) is 0. The fourth-order valence-electron chi connectivity index (χ4n) is 3.85. The molecule has 1 fully saturated rings. The van der Waals surface area contributed by atoms with Crippen LogP contribution in [0.4, 0.5) is 0 Å². The summed E-state index contributed by atoms with van der Waals surface area (Å²) in [5.74, 6) is -3.33. The highest BCUT2D eigenvalue weighted by Gasteiger charge is 2.43. The Hall–Kier alpha value is -4.06. The minimum atomic E-state index is -1.12. The Bertz CT molecular complexity index is 1040. The van der Waals surface area contributed by atoms with Gasteiger partial charge in [0.25, 0.3) is 11.8 Å². The van der Waals surface area contributed by atoms with E-state index in [1.807, 2.05) is 0 Å². The Labute approximate surface area is 201 Å². The quantitative estimate of drug-likeness (QED) is 0.304. The maximum Gasteiger partial charge on any atom is 0.303 e. The van der Waals surface area contributed by atoms with Gasteiger partial charge in [-0.25, -0.2) is 10.0 Å². The van der Waals surface area contributed by atoms with E-state index in [4.69, 9.17) is 15.6 Å². The number of aliphatic hydroxyl groups excluding tert-OH is 1. The number of hydrazine groups is 1. The topological polar surface area (TPSA) is 180 Å². The number of hydrogen-bond acceptors (Lipinski definition) is 7. The Morgan fingerprint density at radius 1 is 1.20 bits per heavy atom. The molecule has 35 heavy (non-hydrogen) atoms. The highest BCUT2D eigenvalue weighted by Crippen LogP contribution is 2.24. The molecule has 1 aromatic carbocycles. The number of rotatable bonds is 9. The summed E-state index contributed by atoms with van der Waals surface area (Å²) in [6.45, 7) is -0.179. The molecule has 0 aliphatic carbocycles. The highest BCUT2D eigenvalue weighted by atomic mass is 16.4. The minimum Gasteiger partial charge on any atom is -0.481 e. The first kappa shape index (κ1) is 25.6. The van der Waals surface area contributed by atoms with Crippen molar-refractivity contribution in [1.29, 1.82) is 5.41 Å². The third-order valence-electron chi connectivity index (χ3n) is 5.76. The van der Waals surface area contributed by atoms with Gasteiger partial charge in [0.05, 0.1) is 12.6 Å². The number of nitrogens with one attached hydrogen (secondary N) is 3. The molecular formula is C23H27N5O7. The number of carbonyl (C=O) groups excluding carboxylic acids is 4. The SMILES string of the molecule is N=C[C@H](CCC(=O)O)NC(=O)[C@@H]1CC=CN2C(=O)CC[C@H](NC(=O)c3ccc(CO)cc3)C(=O)N12. The number of aliphatic carboxylic acids is 1. The molecule has 3 rings (SSSR count). The lowest BCUT2D eigenvalue weighted by atomic mass is 10.1. The zero-order valence-electron chi connectivity index (χ0n) is 18.8. The largest absolute Gasteiger partial charge is 0.481 e. The monoisotopic (exact) mass is 485 g/mol. The standard InChI is InChI=1S/C23H27N5O7/c24-12-16(7-10-20(31)32)25-22(34)18-2-1-11-27-19(30)9-8-17(23(35)28(18)27)26-21(33)15-5-3-14(13-29)4-6-15/h1,3-6,11-12,16-18,24,29H,2,7-10,13H2,(H,25,34)(H,26,33)(H,31,32)/t16-,17-,18-/m0/s1. The van der Waals surface area contributed by atoms with Crippen LogP contribution in [0.2, 0.25) is 0 Å². The van der Waals surface area contributed by atoms with E-state index in [2.05, 4.69) is 10.6 Å². The molecule has 5 N–H and O–H groups in total. The Morgan fingerprint density at radius 2 is 1.91 bits per heavy atom. The summed E-state index contributed by atoms with van der Waals surface area (Å²) >= 11 is 0. The van der Waals surface area contributed by atoms with Crippen LogP contribution in [0.5, 0.6) is 0 Å². The Kier molecular flexibility index (Phi) is 8.31. The number of benzene rings is 1. The number of carbonyl (C=O) groups is 5. The lowest BCUT2D eigenvalue weighted by Gasteiger charge is -2.40. The Morgan fingerprint density at radius 3 is 2.54 bits per heavy atom. The summed E-state index contributed by atoms with van der Waals surface area (Å²) in [6, 6.07) is 3.13. The van der Waals surface area contributed by atoms with Gasteiger partial charge in [-0.2, -0.15) is 0 Å². The fraction of sp³-hybridized carbons (Fsp3) is 0.391. The fourth-order valence-corrected chi connectivity index (χ4v) is 3.85. The molecule has 12 heteroatoms. The molecule has 2 heterocycles. The first-order valence-electron chi connectivity index (χ1n) is 11.1. The van der Waals surface area contributed by atoms with Gasteiger partial charge in [-0.1, -0.05) is 18.2 Å². The molecule has 12 nitrogen and oxygen atoms in total. The van der Waals surface area contributed by atoms with Crippen molar-refractivity contribution >= 4 is 35.8 Å². The summed E-state index contributed by atoms with van der Waals surface area (Å²) in [5, 5.41) is 32.7. The maximum atomic E-state index is 13.4. The van der Waals surface area contributed by atoms with E-state index in [0.717, 1.165) is 16.2 Å². The van der Waals surface area contributed by atoms with Crippen molar-refractivity contribution in [3.8, 4) is 0 Å². The molecule has 0 saturated carbocycles. The van der Waals surface area contributed by atoms with E-state index in [1.54, 1.807) is 18.2 Å². The third kappa shape index (κ3) is 6.09. The molecule has 0 spiro atoms. The number of fused-ring (bicyclic) bond motifs is 1. The van der Waals surface area contributed by atoms with Gasteiger partial charge in [0.2, 0.25) is 11.8 Å². The van der Waals surface area contributed by atoms with Gasteiger partial charge in [0, 0.05) is 30.8 Å². The van der Waals surface area contributed by atoms with E-state index in [0.29, 0.717) is 5.56 Å². The van der Waals surface area contributed by atoms with Gasteiger partial charge in [-0.05, 0) is 37.0 Å². The number of aliphatic hydroxyl groups is 1.